The van der Waals surface area contributed by atoms with E-state index >= 15 is 0 Å². The van der Waals surface area contributed by atoms with E-state index in [9.17, 15) is 0 Å². The Morgan fingerprint density at radius 1 is 1.17 bits per heavy atom. The molecule has 0 radical (unpaired) electrons. The number of rotatable bonds is 7. The minimum atomic E-state index is 0.0947. The fourth-order valence-corrected chi connectivity index (χ4v) is 2.16. The van der Waals surface area contributed by atoms with Crippen LogP contribution in [0.3, 0.4) is 0 Å². The minimum absolute atomic E-state index is 0.0947. The molecule has 0 fully saturated rings. The summed E-state index contributed by atoms with van der Waals surface area (Å²) in [7, 11) is 2.17. The number of hydrogen-bond acceptors (Lipinski definition) is 2. The average Bonchev–Trinajstić information content (AvgIpc) is 2.38. The highest BCUT2D eigenvalue weighted by molar-refractivity contribution is 5.24. The molecule has 0 amide bonds. The summed E-state index contributed by atoms with van der Waals surface area (Å²) >= 11 is 0. The normalized spacial score (nSPS) is 14.8. The molecule has 0 spiro atoms. The van der Waals surface area contributed by atoms with Gasteiger partial charge in [-0.3, -0.25) is 0 Å². The minimum Gasteiger partial charge on any atom is -0.323 e. The van der Waals surface area contributed by atoms with E-state index in [1.807, 2.05) is 0 Å². The molecule has 0 aliphatic heterocycles. The lowest BCUT2D eigenvalue weighted by molar-refractivity contribution is 0.223. The Morgan fingerprint density at radius 3 is 2.33 bits per heavy atom. The molecule has 102 valence electrons. The van der Waals surface area contributed by atoms with Crippen molar-refractivity contribution >= 4 is 0 Å². The van der Waals surface area contributed by atoms with Gasteiger partial charge in [0.2, 0.25) is 0 Å². The van der Waals surface area contributed by atoms with Crippen LogP contribution in [0.4, 0.5) is 0 Å². The molecule has 2 atom stereocenters. The Hall–Kier alpha value is -0.860. The van der Waals surface area contributed by atoms with E-state index in [0.29, 0.717) is 6.04 Å². The van der Waals surface area contributed by atoms with Crippen molar-refractivity contribution in [1.29, 1.82) is 0 Å². The second-order valence-electron chi connectivity index (χ2n) is 5.36. The third kappa shape index (κ3) is 4.43. The monoisotopic (exact) mass is 248 g/mol. The Bertz CT molecular complexity index is 331. The molecule has 18 heavy (non-hydrogen) atoms. The van der Waals surface area contributed by atoms with E-state index in [1.165, 1.54) is 30.4 Å². The first-order chi connectivity index (χ1) is 8.56. The molecule has 1 rings (SSSR count). The highest BCUT2D eigenvalue weighted by Crippen LogP contribution is 2.18. The molecule has 0 heterocycles. The van der Waals surface area contributed by atoms with Crippen molar-refractivity contribution in [2.24, 2.45) is 5.73 Å². The predicted molar refractivity (Wildman–Crippen MR) is 79.7 cm³/mol. The Balaban J connectivity index is 2.54. The maximum atomic E-state index is 6.35. The first-order valence-electron chi connectivity index (χ1n) is 7.08. The van der Waals surface area contributed by atoms with Crippen molar-refractivity contribution in [2.75, 3.05) is 13.6 Å². The number of benzene rings is 1. The van der Waals surface area contributed by atoms with Crippen molar-refractivity contribution in [3.05, 3.63) is 35.4 Å². The topological polar surface area (TPSA) is 29.3 Å². The summed E-state index contributed by atoms with van der Waals surface area (Å²) in [5, 5.41) is 0. The SMILES string of the molecule is CCCCCN(C)C(C)C(N)c1ccc(C)cc1. The van der Waals surface area contributed by atoms with E-state index in [2.05, 4.69) is 57.0 Å². The van der Waals surface area contributed by atoms with Crippen LogP contribution in [0.15, 0.2) is 24.3 Å². The quantitative estimate of drug-likeness (QED) is 0.748. The van der Waals surface area contributed by atoms with Gasteiger partial charge in [0, 0.05) is 12.1 Å². The van der Waals surface area contributed by atoms with Crippen LogP contribution in [0, 0.1) is 6.92 Å². The zero-order chi connectivity index (χ0) is 13.5. The lowest BCUT2D eigenvalue weighted by atomic mass is 9.99. The van der Waals surface area contributed by atoms with Crippen LogP contribution in [0.5, 0.6) is 0 Å². The molecular weight excluding hydrogens is 220 g/mol. The van der Waals surface area contributed by atoms with Crippen LogP contribution in [-0.2, 0) is 0 Å². The van der Waals surface area contributed by atoms with Gasteiger partial charge in [-0.05, 0) is 39.4 Å². The molecular formula is C16H28N2. The van der Waals surface area contributed by atoms with Crippen molar-refractivity contribution in [3.63, 3.8) is 0 Å². The predicted octanol–water partition coefficient (Wildman–Crippen LogP) is 3.51. The zero-order valence-electron chi connectivity index (χ0n) is 12.3. The van der Waals surface area contributed by atoms with Crippen molar-refractivity contribution in [1.82, 2.24) is 4.90 Å². The summed E-state index contributed by atoms with van der Waals surface area (Å²) in [5.41, 5.74) is 8.87. The van der Waals surface area contributed by atoms with E-state index in [-0.39, 0.29) is 6.04 Å². The van der Waals surface area contributed by atoms with Crippen molar-refractivity contribution in [2.45, 2.75) is 52.1 Å². The maximum Gasteiger partial charge on any atom is 0.0450 e. The molecule has 2 unspecified atom stereocenters. The number of unbranched alkanes of at least 4 members (excludes halogenated alkanes) is 2. The third-order valence-electron chi connectivity index (χ3n) is 3.79. The summed E-state index contributed by atoms with van der Waals surface area (Å²) < 4.78 is 0. The van der Waals surface area contributed by atoms with E-state index in [1.54, 1.807) is 0 Å². The number of aryl methyl sites for hydroxylation is 1. The molecule has 0 aliphatic carbocycles. The molecule has 0 bridgehead atoms. The van der Waals surface area contributed by atoms with E-state index in [4.69, 9.17) is 5.73 Å². The van der Waals surface area contributed by atoms with Crippen molar-refractivity contribution < 1.29 is 0 Å². The summed E-state index contributed by atoms with van der Waals surface area (Å²) in [4.78, 5) is 2.38. The van der Waals surface area contributed by atoms with E-state index < -0.39 is 0 Å². The van der Waals surface area contributed by atoms with Crippen LogP contribution < -0.4 is 5.73 Å². The summed E-state index contributed by atoms with van der Waals surface area (Å²) in [6.07, 6.45) is 3.83. The first-order valence-corrected chi connectivity index (χ1v) is 7.08. The third-order valence-corrected chi connectivity index (χ3v) is 3.79. The number of hydrogen-bond donors (Lipinski definition) is 1. The van der Waals surface area contributed by atoms with Gasteiger partial charge in [0.15, 0.2) is 0 Å². The van der Waals surface area contributed by atoms with Gasteiger partial charge in [-0.2, -0.15) is 0 Å². The Morgan fingerprint density at radius 2 is 1.78 bits per heavy atom. The lowest BCUT2D eigenvalue weighted by Crippen LogP contribution is -2.38. The van der Waals surface area contributed by atoms with Crippen LogP contribution in [-0.4, -0.2) is 24.5 Å². The van der Waals surface area contributed by atoms with Crippen molar-refractivity contribution in [3.8, 4) is 0 Å². The van der Waals surface area contributed by atoms with Gasteiger partial charge >= 0.3 is 0 Å². The van der Waals surface area contributed by atoms with Crippen LogP contribution in [0.2, 0.25) is 0 Å². The van der Waals surface area contributed by atoms with Gasteiger partial charge in [0.1, 0.15) is 0 Å². The van der Waals surface area contributed by atoms with Gasteiger partial charge in [-0.15, -0.1) is 0 Å². The second-order valence-corrected chi connectivity index (χ2v) is 5.36. The molecule has 2 heteroatoms. The fraction of sp³-hybridized carbons (Fsp3) is 0.625. The summed E-state index contributed by atoms with van der Waals surface area (Å²) in [5.74, 6) is 0. The Kier molecular flexibility index (Phi) is 6.37. The average molecular weight is 248 g/mol. The number of nitrogens with zero attached hydrogens (tertiary/aromatic N) is 1. The summed E-state index contributed by atoms with van der Waals surface area (Å²) in [6, 6.07) is 9.05. The van der Waals surface area contributed by atoms with Crippen LogP contribution in [0.1, 0.15) is 50.3 Å². The van der Waals surface area contributed by atoms with Crippen LogP contribution >= 0.6 is 0 Å². The fourth-order valence-electron chi connectivity index (χ4n) is 2.16. The molecule has 0 aliphatic rings. The molecule has 0 aromatic heterocycles. The number of likely N-dealkylation sites (N-methyl/N-ethyl adjacent to an activating group) is 1. The largest absolute Gasteiger partial charge is 0.323 e. The van der Waals surface area contributed by atoms with Gasteiger partial charge in [0.05, 0.1) is 0 Å². The highest BCUT2D eigenvalue weighted by atomic mass is 15.1. The lowest BCUT2D eigenvalue weighted by Gasteiger charge is -2.30. The number of nitrogens with two attached hydrogens (primary N) is 1. The molecule has 0 saturated heterocycles. The first kappa shape index (κ1) is 15.2. The standard InChI is InChI=1S/C16H28N2/c1-5-6-7-12-18(4)14(3)16(17)15-10-8-13(2)9-11-15/h8-11,14,16H,5-7,12,17H2,1-4H3. The van der Waals surface area contributed by atoms with Gasteiger partial charge in [-0.25, -0.2) is 0 Å². The van der Waals surface area contributed by atoms with Gasteiger partial charge in [-0.1, -0.05) is 49.6 Å². The zero-order valence-corrected chi connectivity index (χ0v) is 12.3. The van der Waals surface area contributed by atoms with Gasteiger partial charge < -0.3 is 10.6 Å². The molecule has 2 N–H and O–H groups in total. The van der Waals surface area contributed by atoms with Gasteiger partial charge in [0.25, 0.3) is 0 Å². The van der Waals surface area contributed by atoms with Crippen LogP contribution in [0.25, 0.3) is 0 Å². The molecule has 2 nitrogen and oxygen atoms in total. The molecule has 0 saturated carbocycles. The highest BCUT2D eigenvalue weighted by Gasteiger charge is 2.18. The summed E-state index contributed by atoms with van der Waals surface area (Å²) in [6.45, 7) is 7.70. The van der Waals surface area contributed by atoms with E-state index in [0.717, 1.165) is 6.54 Å². The molecule has 1 aromatic carbocycles. The molecule has 1 aromatic rings. The maximum absolute atomic E-state index is 6.35. The Labute approximate surface area is 112 Å². The second kappa shape index (κ2) is 7.55. The smallest absolute Gasteiger partial charge is 0.0450 e.